The molecule has 0 spiro atoms. The average molecular weight is 391 g/mol. The number of anilines is 1. The summed E-state index contributed by atoms with van der Waals surface area (Å²) >= 11 is 6.30. The Hall–Kier alpha value is -2.18. The van der Waals surface area contributed by atoms with Gasteiger partial charge in [0.15, 0.2) is 0 Å². The second-order valence-electron chi connectivity index (χ2n) is 6.76. The van der Waals surface area contributed by atoms with Gasteiger partial charge in [0, 0.05) is 26.2 Å². The molecule has 0 bridgehead atoms. The van der Waals surface area contributed by atoms with Gasteiger partial charge in [-0.2, -0.15) is 8.78 Å². The van der Waals surface area contributed by atoms with Gasteiger partial charge < -0.3 is 4.90 Å². The normalized spacial score (nSPS) is 17.0. The average Bonchev–Trinajstić information content (AvgIpc) is 3.08. The van der Waals surface area contributed by atoms with Crippen molar-refractivity contribution in [1.29, 1.82) is 0 Å². The fourth-order valence-electron chi connectivity index (χ4n) is 3.78. The van der Waals surface area contributed by atoms with Crippen LogP contribution in [0.2, 0.25) is 5.02 Å². The molecule has 1 aliphatic rings. The molecule has 7 heteroatoms. The number of imidazole rings is 1. The second kappa shape index (κ2) is 7.44. The lowest BCUT2D eigenvalue weighted by atomic mass is 10.2. The van der Waals surface area contributed by atoms with Crippen molar-refractivity contribution in [3.8, 4) is 0 Å². The van der Waals surface area contributed by atoms with E-state index in [4.69, 9.17) is 11.6 Å². The summed E-state index contributed by atoms with van der Waals surface area (Å²) in [6.45, 7) is 2.45. The molecule has 2 aromatic carbocycles. The first-order chi connectivity index (χ1) is 13.1. The smallest absolute Gasteiger partial charge is 0.320 e. The molecular formula is C20H21ClF2N4. The van der Waals surface area contributed by atoms with E-state index >= 15 is 0 Å². The summed E-state index contributed by atoms with van der Waals surface area (Å²) in [5.74, 6) is 0.414. The molecule has 0 radical (unpaired) electrons. The van der Waals surface area contributed by atoms with Crippen LogP contribution in [-0.4, -0.2) is 40.6 Å². The molecule has 4 nitrogen and oxygen atoms in total. The molecular weight excluding hydrogens is 370 g/mol. The number of rotatable bonds is 4. The molecule has 3 aromatic rings. The Morgan fingerprint density at radius 3 is 2.33 bits per heavy atom. The highest BCUT2D eigenvalue weighted by atomic mass is 35.5. The Kier molecular flexibility index (Phi) is 5.02. The van der Waals surface area contributed by atoms with Crippen molar-refractivity contribution >= 4 is 28.3 Å². The number of para-hydroxylation sites is 3. The van der Waals surface area contributed by atoms with Crippen molar-refractivity contribution in [3.63, 3.8) is 0 Å². The van der Waals surface area contributed by atoms with Crippen LogP contribution in [0.1, 0.15) is 25.3 Å². The van der Waals surface area contributed by atoms with Crippen LogP contribution >= 0.6 is 11.6 Å². The molecule has 0 amide bonds. The van der Waals surface area contributed by atoms with Crippen LogP contribution in [0.3, 0.4) is 0 Å². The van der Waals surface area contributed by atoms with E-state index in [0.29, 0.717) is 16.9 Å². The molecule has 142 valence electrons. The number of nitrogens with zero attached hydrogens (tertiary/aromatic N) is 4. The van der Waals surface area contributed by atoms with E-state index in [1.54, 1.807) is 18.2 Å². The van der Waals surface area contributed by atoms with Crippen molar-refractivity contribution in [3.05, 3.63) is 59.4 Å². The molecule has 0 saturated carbocycles. The first-order valence-electron chi connectivity index (χ1n) is 9.05. The number of hydrogen-bond donors (Lipinski definition) is 0. The zero-order valence-corrected chi connectivity index (χ0v) is 15.8. The van der Waals surface area contributed by atoms with Crippen LogP contribution in [-0.2, 0) is 0 Å². The fourth-order valence-corrected chi connectivity index (χ4v) is 4.04. The molecule has 27 heavy (non-hydrogen) atoms. The summed E-state index contributed by atoms with van der Waals surface area (Å²) in [5, 5.41) is 0.735. The molecule has 4 rings (SSSR count). The maximum Gasteiger partial charge on any atom is 0.320 e. The first-order valence-corrected chi connectivity index (χ1v) is 9.42. The van der Waals surface area contributed by atoms with Crippen LogP contribution in [0.15, 0.2) is 48.5 Å². The Labute approximate surface area is 162 Å². The van der Waals surface area contributed by atoms with Gasteiger partial charge in [-0.1, -0.05) is 35.9 Å². The number of piperazine rings is 1. The van der Waals surface area contributed by atoms with E-state index < -0.39 is 6.55 Å². The zero-order valence-electron chi connectivity index (χ0n) is 15.0. The number of hydrogen-bond acceptors (Lipinski definition) is 3. The van der Waals surface area contributed by atoms with Crippen LogP contribution in [0.5, 0.6) is 0 Å². The van der Waals surface area contributed by atoms with Crippen LogP contribution in [0, 0.1) is 0 Å². The number of benzene rings is 2. The van der Waals surface area contributed by atoms with E-state index in [0.717, 1.165) is 41.5 Å². The van der Waals surface area contributed by atoms with E-state index in [2.05, 4.69) is 14.8 Å². The number of aromatic nitrogens is 2. The van der Waals surface area contributed by atoms with Gasteiger partial charge in [-0.15, -0.1) is 0 Å². The van der Waals surface area contributed by atoms with Crippen molar-refractivity contribution in [2.45, 2.75) is 19.5 Å². The molecule has 0 N–H and O–H groups in total. The standard InChI is InChI=1S/C20H21ClF2N4/c1-14(19-24-16-7-3-5-9-18(16)27(19)20(22)23)25-10-12-26(13-11-25)17-8-4-2-6-15(17)21/h2-9,14,20H,10-13H2,1H3. The van der Waals surface area contributed by atoms with E-state index in [1.165, 1.54) is 0 Å². The van der Waals surface area contributed by atoms with Gasteiger partial charge in [-0.05, 0) is 31.2 Å². The summed E-state index contributed by atoms with van der Waals surface area (Å²) < 4.78 is 28.5. The maximum absolute atomic E-state index is 13.7. The largest absolute Gasteiger partial charge is 0.368 e. The van der Waals surface area contributed by atoms with Crippen molar-refractivity contribution in [2.24, 2.45) is 0 Å². The van der Waals surface area contributed by atoms with Crippen molar-refractivity contribution in [1.82, 2.24) is 14.5 Å². The quantitative estimate of drug-likeness (QED) is 0.628. The second-order valence-corrected chi connectivity index (χ2v) is 7.16. The molecule has 1 unspecified atom stereocenters. The predicted octanol–water partition coefficient (Wildman–Crippen LogP) is 4.97. The van der Waals surface area contributed by atoms with E-state index in [9.17, 15) is 8.78 Å². The highest BCUT2D eigenvalue weighted by Crippen LogP contribution is 2.31. The molecule has 2 heterocycles. The third kappa shape index (κ3) is 3.39. The van der Waals surface area contributed by atoms with E-state index in [1.807, 2.05) is 37.3 Å². The maximum atomic E-state index is 13.7. The number of halogens is 3. The van der Waals surface area contributed by atoms with Gasteiger partial charge in [0.2, 0.25) is 0 Å². The predicted molar refractivity (Wildman–Crippen MR) is 105 cm³/mol. The fraction of sp³-hybridized carbons (Fsp3) is 0.350. The molecule has 1 aliphatic heterocycles. The summed E-state index contributed by atoms with van der Waals surface area (Å²) in [4.78, 5) is 8.95. The van der Waals surface area contributed by atoms with Crippen molar-refractivity contribution < 1.29 is 8.78 Å². The molecule has 1 atom stereocenters. The lowest BCUT2D eigenvalue weighted by Gasteiger charge is -2.39. The summed E-state index contributed by atoms with van der Waals surface area (Å²) in [5.41, 5.74) is 2.10. The van der Waals surface area contributed by atoms with Gasteiger partial charge in [-0.25, -0.2) is 4.98 Å². The minimum Gasteiger partial charge on any atom is -0.368 e. The van der Waals surface area contributed by atoms with Gasteiger partial charge in [0.1, 0.15) is 5.82 Å². The molecule has 0 aliphatic carbocycles. The third-order valence-electron chi connectivity index (χ3n) is 5.25. The highest BCUT2D eigenvalue weighted by molar-refractivity contribution is 6.33. The van der Waals surface area contributed by atoms with Gasteiger partial charge in [0.05, 0.1) is 27.8 Å². The number of alkyl halides is 2. The van der Waals surface area contributed by atoms with Crippen LogP contribution < -0.4 is 4.90 Å². The Morgan fingerprint density at radius 1 is 0.963 bits per heavy atom. The van der Waals surface area contributed by atoms with E-state index in [-0.39, 0.29) is 6.04 Å². The first kappa shape index (κ1) is 18.2. The van der Waals surface area contributed by atoms with Crippen LogP contribution in [0.25, 0.3) is 11.0 Å². The minimum absolute atomic E-state index is 0.195. The SMILES string of the molecule is CC(c1nc2ccccc2n1C(F)F)N1CCN(c2ccccc2Cl)CC1. The Morgan fingerprint density at radius 2 is 1.63 bits per heavy atom. The van der Waals surface area contributed by atoms with Gasteiger partial charge in [-0.3, -0.25) is 9.47 Å². The van der Waals surface area contributed by atoms with Crippen LogP contribution in [0.4, 0.5) is 14.5 Å². The van der Waals surface area contributed by atoms with Gasteiger partial charge >= 0.3 is 6.55 Å². The zero-order chi connectivity index (χ0) is 19.0. The third-order valence-corrected chi connectivity index (χ3v) is 5.57. The lowest BCUT2D eigenvalue weighted by Crippen LogP contribution is -2.47. The molecule has 1 fully saturated rings. The Bertz CT molecular complexity index is 935. The summed E-state index contributed by atoms with van der Waals surface area (Å²) in [6, 6.07) is 14.6. The lowest BCUT2D eigenvalue weighted by molar-refractivity contribution is 0.0641. The summed E-state index contributed by atoms with van der Waals surface area (Å²) in [7, 11) is 0. The minimum atomic E-state index is -2.61. The molecule has 1 saturated heterocycles. The highest BCUT2D eigenvalue weighted by Gasteiger charge is 2.28. The Balaban J connectivity index is 1.55. The molecule has 1 aromatic heterocycles. The number of fused-ring (bicyclic) bond motifs is 1. The summed E-state index contributed by atoms with van der Waals surface area (Å²) in [6.07, 6.45) is 0. The van der Waals surface area contributed by atoms with Gasteiger partial charge in [0.25, 0.3) is 0 Å². The van der Waals surface area contributed by atoms with Crippen molar-refractivity contribution in [2.75, 3.05) is 31.1 Å². The monoisotopic (exact) mass is 390 g/mol. The topological polar surface area (TPSA) is 24.3 Å².